The molecule has 5 heteroatoms. The molecule has 25 heavy (non-hydrogen) atoms. The van der Waals surface area contributed by atoms with E-state index in [2.05, 4.69) is 27.8 Å². The summed E-state index contributed by atoms with van der Waals surface area (Å²) in [6.45, 7) is 2.70. The van der Waals surface area contributed by atoms with Crippen molar-refractivity contribution in [3.8, 4) is 0 Å². The number of aromatic nitrogens is 1. The van der Waals surface area contributed by atoms with Gasteiger partial charge in [0.15, 0.2) is 5.60 Å². The van der Waals surface area contributed by atoms with Crippen LogP contribution in [-0.2, 0) is 10.4 Å². The quantitative estimate of drug-likeness (QED) is 0.687. The second-order valence-electron chi connectivity index (χ2n) is 6.43. The van der Waals surface area contributed by atoms with E-state index in [1.165, 1.54) is 0 Å². The van der Waals surface area contributed by atoms with E-state index in [1.54, 1.807) is 11.1 Å². The maximum Gasteiger partial charge on any atom is 0.268 e. The van der Waals surface area contributed by atoms with E-state index in [-0.39, 0.29) is 5.91 Å². The molecule has 1 aliphatic rings. The predicted octanol–water partition coefficient (Wildman–Crippen LogP) is 4.31. The number of anilines is 1. The number of rotatable bonds is 4. The molecule has 0 unspecified atom stereocenters. The molecule has 1 atom stereocenters. The smallest absolute Gasteiger partial charge is 0.268 e. The van der Waals surface area contributed by atoms with E-state index in [4.69, 9.17) is 0 Å². The largest absolute Gasteiger partial charge is 0.372 e. The van der Waals surface area contributed by atoms with Gasteiger partial charge in [-0.1, -0.05) is 47.5 Å². The number of H-pyrrole nitrogens is 1. The number of hydrogen-bond acceptors (Lipinski definition) is 2. The van der Waals surface area contributed by atoms with Crippen molar-refractivity contribution in [1.29, 1.82) is 0 Å². The molecular formula is C20H19BrN2O2. The molecule has 1 amide bonds. The predicted molar refractivity (Wildman–Crippen MR) is 103 cm³/mol. The molecule has 1 aromatic heterocycles. The highest BCUT2D eigenvalue weighted by atomic mass is 79.9. The molecule has 2 aromatic carbocycles. The number of benzene rings is 2. The van der Waals surface area contributed by atoms with E-state index in [0.29, 0.717) is 17.7 Å². The molecule has 3 aromatic rings. The van der Waals surface area contributed by atoms with Gasteiger partial charge in [-0.3, -0.25) is 4.79 Å². The number of nitrogens with one attached hydrogen (secondary N) is 1. The van der Waals surface area contributed by atoms with Crippen LogP contribution in [0.2, 0.25) is 0 Å². The third kappa shape index (κ3) is 2.34. The molecule has 1 aliphatic heterocycles. The lowest BCUT2D eigenvalue weighted by Crippen LogP contribution is -2.41. The lowest BCUT2D eigenvalue weighted by atomic mass is 9.87. The molecule has 0 saturated carbocycles. The normalized spacial score (nSPS) is 19.6. The van der Waals surface area contributed by atoms with Gasteiger partial charge in [-0.15, -0.1) is 0 Å². The van der Waals surface area contributed by atoms with Crippen LogP contribution in [0.25, 0.3) is 10.9 Å². The number of fused-ring (bicyclic) bond motifs is 2. The summed E-state index contributed by atoms with van der Waals surface area (Å²) in [6, 6.07) is 13.4. The third-order valence-electron chi connectivity index (χ3n) is 4.91. The summed E-state index contributed by atoms with van der Waals surface area (Å²) in [7, 11) is 0. The van der Waals surface area contributed by atoms with E-state index in [9.17, 15) is 9.90 Å². The molecule has 0 aliphatic carbocycles. The number of unbranched alkanes of at least 4 members (excludes halogenated alkanes) is 1. The molecule has 0 fully saturated rings. The van der Waals surface area contributed by atoms with Crippen molar-refractivity contribution in [3.05, 3.63) is 64.3 Å². The molecule has 4 nitrogen and oxygen atoms in total. The number of carbonyl (C=O) groups is 1. The van der Waals surface area contributed by atoms with Crippen molar-refractivity contribution < 1.29 is 9.90 Å². The van der Waals surface area contributed by atoms with Crippen LogP contribution in [0.4, 0.5) is 5.69 Å². The maximum atomic E-state index is 13.3. The zero-order chi connectivity index (χ0) is 17.6. The minimum Gasteiger partial charge on any atom is -0.372 e. The van der Waals surface area contributed by atoms with Crippen LogP contribution in [-0.4, -0.2) is 22.5 Å². The fourth-order valence-corrected chi connectivity index (χ4v) is 3.98. The Morgan fingerprint density at radius 2 is 2.00 bits per heavy atom. The first-order valence-electron chi connectivity index (χ1n) is 8.48. The number of para-hydroxylation sites is 1. The van der Waals surface area contributed by atoms with Crippen LogP contribution in [0.1, 0.15) is 30.9 Å². The van der Waals surface area contributed by atoms with Gasteiger partial charge in [-0.2, -0.15) is 0 Å². The zero-order valence-electron chi connectivity index (χ0n) is 13.9. The SMILES string of the molecule is CCCCN1C(=O)[C@](O)(c2c[nH]c3ccccc23)c2cc(Br)ccc21. The summed E-state index contributed by atoms with van der Waals surface area (Å²) >= 11 is 3.47. The third-order valence-corrected chi connectivity index (χ3v) is 5.40. The van der Waals surface area contributed by atoms with E-state index in [0.717, 1.165) is 33.9 Å². The van der Waals surface area contributed by atoms with Crippen molar-refractivity contribution in [1.82, 2.24) is 4.98 Å². The first-order chi connectivity index (χ1) is 12.1. The lowest BCUT2D eigenvalue weighted by molar-refractivity contribution is -0.132. The molecular weight excluding hydrogens is 380 g/mol. The van der Waals surface area contributed by atoms with Gasteiger partial charge in [0.25, 0.3) is 5.91 Å². The van der Waals surface area contributed by atoms with E-state index in [1.807, 2.05) is 42.5 Å². The van der Waals surface area contributed by atoms with Gasteiger partial charge in [-0.25, -0.2) is 0 Å². The summed E-state index contributed by atoms with van der Waals surface area (Å²) in [6.07, 6.45) is 3.63. The maximum absolute atomic E-state index is 13.3. The van der Waals surface area contributed by atoms with Crippen LogP contribution in [0, 0.1) is 0 Å². The summed E-state index contributed by atoms with van der Waals surface area (Å²) in [4.78, 5) is 18.2. The molecule has 0 saturated heterocycles. The number of carbonyl (C=O) groups excluding carboxylic acids is 1. The van der Waals surface area contributed by atoms with E-state index < -0.39 is 5.60 Å². The van der Waals surface area contributed by atoms with Gasteiger partial charge in [0.2, 0.25) is 0 Å². The Morgan fingerprint density at radius 3 is 2.80 bits per heavy atom. The van der Waals surface area contributed by atoms with Crippen molar-refractivity contribution in [2.45, 2.75) is 25.4 Å². The Hall–Kier alpha value is -2.11. The van der Waals surface area contributed by atoms with Crippen molar-refractivity contribution in [2.24, 2.45) is 0 Å². The van der Waals surface area contributed by atoms with Gasteiger partial charge in [0.05, 0.1) is 5.69 Å². The molecule has 2 N–H and O–H groups in total. The van der Waals surface area contributed by atoms with Crippen LogP contribution in [0.3, 0.4) is 0 Å². The second kappa shape index (κ2) is 6.00. The zero-order valence-corrected chi connectivity index (χ0v) is 15.5. The minimum atomic E-state index is -1.67. The van der Waals surface area contributed by atoms with Crippen molar-refractivity contribution in [3.63, 3.8) is 0 Å². The average molecular weight is 399 g/mol. The monoisotopic (exact) mass is 398 g/mol. The number of amides is 1. The van der Waals surface area contributed by atoms with E-state index >= 15 is 0 Å². The van der Waals surface area contributed by atoms with Crippen LogP contribution < -0.4 is 4.90 Å². The van der Waals surface area contributed by atoms with Gasteiger partial charge in [0.1, 0.15) is 0 Å². The minimum absolute atomic E-state index is 0.279. The van der Waals surface area contributed by atoms with Gasteiger partial charge in [-0.05, 0) is 30.7 Å². The number of nitrogens with zero attached hydrogens (tertiary/aromatic N) is 1. The van der Waals surface area contributed by atoms with Gasteiger partial charge < -0.3 is 15.0 Å². The fourth-order valence-electron chi connectivity index (χ4n) is 3.62. The highest BCUT2D eigenvalue weighted by Gasteiger charge is 2.52. The molecule has 0 radical (unpaired) electrons. The number of hydrogen-bond donors (Lipinski definition) is 2. The first-order valence-corrected chi connectivity index (χ1v) is 9.27. The Labute approximate surface area is 154 Å². The topological polar surface area (TPSA) is 56.3 Å². The van der Waals surface area contributed by atoms with Gasteiger partial charge in [0, 0.05) is 39.2 Å². The summed E-state index contributed by atoms with van der Waals surface area (Å²) in [5.74, 6) is -0.279. The molecule has 128 valence electrons. The highest BCUT2D eigenvalue weighted by Crippen LogP contribution is 2.47. The van der Waals surface area contributed by atoms with Crippen molar-refractivity contribution in [2.75, 3.05) is 11.4 Å². The average Bonchev–Trinajstić information content (AvgIpc) is 3.14. The lowest BCUT2D eigenvalue weighted by Gasteiger charge is -2.23. The highest BCUT2D eigenvalue weighted by molar-refractivity contribution is 9.10. The fraction of sp³-hybridized carbons (Fsp3) is 0.250. The Balaban J connectivity index is 1.94. The molecule has 0 bridgehead atoms. The first kappa shape index (κ1) is 16.4. The van der Waals surface area contributed by atoms with Crippen LogP contribution >= 0.6 is 15.9 Å². The standard InChI is InChI=1S/C20H19BrN2O2/c1-2-3-10-23-18-9-8-13(21)11-15(18)20(25,19(23)24)16-12-22-17-7-5-4-6-14(16)17/h4-9,11-12,22,25H,2-3,10H2,1H3/t20-/m1/s1. The molecule has 2 heterocycles. The van der Waals surface area contributed by atoms with Crippen LogP contribution in [0.5, 0.6) is 0 Å². The second-order valence-corrected chi connectivity index (χ2v) is 7.35. The van der Waals surface area contributed by atoms with Crippen molar-refractivity contribution >= 4 is 38.4 Å². The summed E-state index contributed by atoms with van der Waals surface area (Å²) in [5, 5.41) is 12.5. The number of aromatic amines is 1. The van der Waals surface area contributed by atoms with Crippen LogP contribution in [0.15, 0.2) is 53.1 Å². The van der Waals surface area contributed by atoms with Gasteiger partial charge >= 0.3 is 0 Å². The Bertz CT molecular complexity index is 965. The molecule has 0 spiro atoms. The summed E-state index contributed by atoms with van der Waals surface area (Å²) < 4.78 is 0.842. The molecule has 4 rings (SSSR count). The summed E-state index contributed by atoms with van der Waals surface area (Å²) in [5.41, 5.74) is 1.25. The number of aliphatic hydroxyl groups is 1. The Morgan fingerprint density at radius 1 is 1.20 bits per heavy atom. The Kier molecular flexibility index (Phi) is 3.93. The number of halogens is 1.